The highest BCUT2D eigenvalue weighted by atomic mass is 16.6. The molecule has 0 unspecified atom stereocenters. The van der Waals surface area contributed by atoms with Crippen molar-refractivity contribution in [2.75, 3.05) is 19.4 Å². The molecule has 0 aliphatic heterocycles. The Balaban J connectivity index is 2.08. The summed E-state index contributed by atoms with van der Waals surface area (Å²) in [7, 11) is 3.31. The molecular weight excluding hydrogens is 330 g/mol. The minimum absolute atomic E-state index is 0.0145. The minimum atomic E-state index is -0.431. The zero-order chi connectivity index (χ0) is 19.1. The lowest BCUT2D eigenvalue weighted by Crippen LogP contribution is -2.38. The molecule has 3 amide bonds. The highest BCUT2D eigenvalue weighted by Gasteiger charge is 2.19. The topological polar surface area (TPSA) is 61.9 Å². The molecule has 0 fully saturated rings. The van der Waals surface area contributed by atoms with E-state index in [-0.39, 0.29) is 12.1 Å². The summed E-state index contributed by atoms with van der Waals surface area (Å²) in [6.07, 6.45) is -0.431. The van der Waals surface area contributed by atoms with Gasteiger partial charge in [0.15, 0.2) is 0 Å². The molecule has 0 aliphatic rings. The van der Waals surface area contributed by atoms with Gasteiger partial charge in [-0.25, -0.2) is 9.59 Å². The fourth-order valence-electron chi connectivity index (χ4n) is 2.27. The molecule has 6 heteroatoms. The van der Waals surface area contributed by atoms with Gasteiger partial charge in [-0.15, -0.1) is 0 Å². The number of nitrogens with one attached hydrogen (secondary N) is 1. The van der Waals surface area contributed by atoms with Crippen LogP contribution in [0.1, 0.15) is 19.4 Å². The quantitative estimate of drug-likeness (QED) is 0.875. The summed E-state index contributed by atoms with van der Waals surface area (Å²) in [4.78, 5) is 27.4. The van der Waals surface area contributed by atoms with E-state index in [1.54, 1.807) is 43.3 Å². The Labute approximate surface area is 154 Å². The summed E-state index contributed by atoms with van der Waals surface area (Å²) >= 11 is 0. The summed E-state index contributed by atoms with van der Waals surface area (Å²) < 4.78 is 5.51. The van der Waals surface area contributed by atoms with E-state index in [9.17, 15) is 9.59 Å². The molecular formula is C20H25N3O3. The van der Waals surface area contributed by atoms with Crippen molar-refractivity contribution < 1.29 is 14.3 Å². The minimum Gasteiger partial charge on any atom is -0.410 e. The van der Waals surface area contributed by atoms with Crippen molar-refractivity contribution >= 4 is 17.8 Å². The molecule has 0 aliphatic carbocycles. The Morgan fingerprint density at radius 3 is 2.35 bits per heavy atom. The standard InChI is InChI=1S/C20H25N3O3/c1-15(2)23(14-16-9-6-5-7-10-16)20(25)26-18-12-8-11-17(13-18)21-19(24)22(3)4/h5-13,15H,14H2,1-4H3,(H,21,24). The summed E-state index contributed by atoms with van der Waals surface area (Å²) in [6.45, 7) is 4.35. The second-order valence-electron chi connectivity index (χ2n) is 6.43. The SMILES string of the molecule is CC(C)N(Cc1ccccc1)C(=O)Oc1cccc(NC(=O)N(C)C)c1. The van der Waals surface area contributed by atoms with Crippen LogP contribution in [0.5, 0.6) is 5.75 Å². The van der Waals surface area contributed by atoms with Gasteiger partial charge in [0.05, 0.1) is 0 Å². The summed E-state index contributed by atoms with van der Waals surface area (Å²) in [6, 6.07) is 16.3. The van der Waals surface area contributed by atoms with Gasteiger partial charge >= 0.3 is 12.1 Å². The Morgan fingerprint density at radius 1 is 1.04 bits per heavy atom. The molecule has 138 valence electrons. The van der Waals surface area contributed by atoms with Crippen molar-refractivity contribution in [2.24, 2.45) is 0 Å². The van der Waals surface area contributed by atoms with Crippen LogP contribution in [0.25, 0.3) is 0 Å². The summed E-state index contributed by atoms with van der Waals surface area (Å²) in [5.74, 6) is 0.380. The molecule has 6 nitrogen and oxygen atoms in total. The maximum Gasteiger partial charge on any atom is 0.415 e. The number of benzene rings is 2. The normalized spacial score (nSPS) is 10.3. The Morgan fingerprint density at radius 2 is 1.73 bits per heavy atom. The van der Waals surface area contributed by atoms with Crippen LogP contribution >= 0.6 is 0 Å². The third-order valence-electron chi connectivity index (χ3n) is 3.75. The van der Waals surface area contributed by atoms with E-state index in [0.29, 0.717) is 18.0 Å². The average Bonchev–Trinajstić information content (AvgIpc) is 2.60. The van der Waals surface area contributed by atoms with Crippen molar-refractivity contribution in [3.05, 3.63) is 60.2 Å². The number of carbonyl (C=O) groups excluding carboxylic acids is 2. The van der Waals surface area contributed by atoms with Crippen LogP contribution in [0.15, 0.2) is 54.6 Å². The largest absolute Gasteiger partial charge is 0.415 e. The second kappa shape index (κ2) is 8.89. The fourth-order valence-corrected chi connectivity index (χ4v) is 2.27. The van der Waals surface area contributed by atoms with Gasteiger partial charge in [-0.3, -0.25) is 0 Å². The van der Waals surface area contributed by atoms with Crippen molar-refractivity contribution in [3.8, 4) is 5.75 Å². The molecule has 0 radical (unpaired) electrons. The number of amides is 3. The molecule has 0 saturated carbocycles. The maximum absolute atomic E-state index is 12.6. The van der Waals surface area contributed by atoms with Gasteiger partial charge in [-0.1, -0.05) is 36.4 Å². The van der Waals surface area contributed by atoms with Crippen LogP contribution < -0.4 is 10.1 Å². The van der Waals surface area contributed by atoms with Crippen LogP contribution in [0.4, 0.5) is 15.3 Å². The number of rotatable bonds is 5. The molecule has 0 heterocycles. The van der Waals surface area contributed by atoms with E-state index in [2.05, 4.69) is 5.32 Å². The summed E-state index contributed by atoms with van der Waals surface area (Å²) in [5.41, 5.74) is 1.60. The van der Waals surface area contributed by atoms with Gasteiger partial charge in [0.2, 0.25) is 0 Å². The van der Waals surface area contributed by atoms with E-state index in [0.717, 1.165) is 5.56 Å². The van der Waals surface area contributed by atoms with Gasteiger partial charge in [-0.2, -0.15) is 0 Å². The number of hydrogen-bond donors (Lipinski definition) is 1. The third kappa shape index (κ3) is 5.51. The lowest BCUT2D eigenvalue weighted by molar-refractivity contribution is 0.135. The number of carbonyl (C=O) groups is 2. The first-order valence-electron chi connectivity index (χ1n) is 8.47. The van der Waals surface area contributed by atoms with E-state index < -0.39 is 6.09 Å². The Hall–Kier alpha value is -3.02. The predicted molar refractivity (Wildman–Crippen MR) is 102 cm³/mol. The monoisotopic (exact) mass is 355 g/mol. The molecule has 2 aromatic rings. The van der Waals surface area contributed by atoms with E-state index in [1.165, 1.54) is 4.90 Å². The van der Waals surface area contributed by atoms with Crippen molar-refractivity contribution in [1.29, 1.82) is 0 Å². The highest BCUT2D eigenvalue weighted by Crippen LogP contribution is 2.19. The number of hydrogen-bond acceptors (Lipinski definition) is 3. The molecule has 2 aromatic carbocycles. The molecule has 1 N–H and O–H groups in total. The number of ether oxygens (including phenoxy) is 1. The van der Waals surface area contributed by atoms with Crippen LogP contribution in [0.2, 0.25) is 0 Å². The zero-order valence-corrected chi connectivity index (χ0v) is 15.6. The smallest absolute Gasteiger partial charge is 0.410 e. The Kier molecular flexibility index (Phi) is 6.60. The lowest BCUT2D eigenvalue weighted by Gasteiger charge is -2.26. The zero-order valence-electron chi connectivity index (χ0n) is 15.6. The summed E-state index contributed by atoms with van der Waals surface area (Å²) in [5, 5.41) is 2.73. The predicted octanol–water partition coefficient (Wildman–Crippen LogP) is 4.19. The molecule has 0 aromatic heterocycles. The van der Waals surface area contributed by atoms with Gasteiger partial charge in [0.1, 0.15) is 5.75 Å². The van der Waals surface area contributed by atoms with E-state index >= 15 is 0 Å². The number of urea groups is 1. The maximum atomic E-state index is 12.6. The van der Waals surface area contributed by atoms with E-state index in [1.807, 2.05) is 44.2 Å². The fraction of sp³-hybridized carbons (Fsp3) is 0.300. The van der Waals surface area contributed by atoms with Crippen LogP contribution in [-0.2, 0) is 6.54 Å². The molecule has 26 heavy (non-hydrogen) atoms. The first kappa shape index (κ1) is 19.3. The van der Waals surface area contributed by atoms with Crippen LogP contribution in [-0.4, -0.2) is 42.1 Å². The van der Waals surface area contributed by atoms with E-state index in [4.69, 9.17) is 4.74 Å². The average molecular weight is 355 g/mol. The Bertz CT molecular complexity index is 745. The van der Waals surface area contributed by atoms with Crippen molar-refractivity contribution in [1.82, 2.24) is 9.80 Å². The number of nitrogens with zero attached hydrogens (tertiary/aromatic N) is 2. The third-order valence-corrected chi connectivity index (χ3v) is 3.75. The first-order chi connectivity index (χ1) is 12.4. The van der Waals surface area contributed by atoms with Crippen molar-refractivity contribution in [3.63, 3.8) is 0 Å². The van der Waals surface area contributed by atoms with Gasteiger partial charge in [0, 0.05) is 38.4 Å². The molecule has 0 saturated heterocycles. The molecule has 0 atom stereocenters. The number of anilines is 1. The van der Waals surface area contributed by atoms with Crippen molar-refractivity contribution in [2.45, 2.75) is 26.4 Å². The molecule has 0 bridgehead atoms. The molecule has 2 rings (SSSR count). The highest BCUT2D eigenvalue weighted by molar-refractivity contribution is 5.89. The lowest BCUT2D eigenvalue weighted by atomic mass is 10.2. The van der Waals surface area contributed by atoms with Gasteiger partial charge in [-0.05, 0) is 31.5 Å². The first-order valence-corrected chi connectivity index (χ1v) is 8.47. The van der Waals surface area contributed by atoms with Crippen LogP contribution in [0, 0.1) is 0 Å². The van der Waals surface area contributed by atoms with Gasteiger partial charge < -0.3 is 19.9 Å². The van der Waals surface area contributed by atoms with Gasteiger partial charge in [0.25, 0.3) is 0 Å². The van der Waals surface area contributed by atoms with Crippen LogP contribution in [0.3, 0.4) is 0 Å². The second-order valence-corrected chi connectivity index (χ2v) is 6.43. The molecule has 0 spiro atoms.